The molecule has 7 nitrogen and oxygen atoms in total. The number of nitro benzene ring substituents is 1. The zero-order valence-electron chi connectivity index (χ0n) is 13.9. The number of nitrogens with zero attached hydrogens (tertiary/aromatic N) is 1. The van der Waals surface area contributed by atoms with Crippen molar-refractivity contribution in [1.29, 1.82) is 0 Å². The largest absolute Gasteiger partial charge is 0.480 e. The fraction of sp³-hybridized carbons (Fsp3) is 0.222. The number of non-ortho nitro benzene ring substituents is 1. The van der Waals surface area contributed by atoms with E-state index in [-0.39, 0.29) is 22.9 Å². The number of carbonyl (C=O) groups excluding carboxylic acids is 2. The third-order valence-corrected chi connectivity index (χ3v) is 3.59. The first kappa shape index (κ1) is 18.1. The van der Waals surface area contributed by atoms with E-state index in [4.69, 9.17) is 4.74 Å². The number of ether oxygens (including phenoxy) is 1. The number of rotatable bonds is 7. The highest BCUT2D eigenvalue weighted by atomic mass is 16.6. The first-order chi connectivity index (χ1) is 11.9. The molecule has 2 aromatic carbocycles. The molecule has 0 aliphatic rings. The normalized spacial score (nSPS) is 11.4. The average molecular weight is 342 g/mol. The van der Waals surface area contributed by atoms with E-state index in [1.807, 2.05) is 31.2 Å². The molecule has 0 aromatic heterocycles. The van der Waals surface area contributed by atoms with E-state index in [2.05, 4.69) is 5.32 Å². The molecule has 0 fully saturated rings. The first-order valence-electron chi connectivity index (χ1n) is 7.64. The molecule has 0 heterocycles. The molecule has 0 aliphatic carbocycles. The number of amides is 1. The van der Waals surface area contributed by atoms with Crippen molar-refractivity contribution in [2.45, 2.75) is 26.5 Å². The van der Waals surface area contributed by atoms with Crippen molar-refractivity contribution in [3.63, 3.8) is 0 Å². The van der Waals surface area contributed by atoms with Gasteiger partial charge in [0, 0.05) is 18.7 Å². The van der Waals surface area contributed by atoms with Crippen LogP contribution in [0.5, 0.6) is 5.75 Å². The van der Waals surface area contributed by atoms with Crippen LogP contribution in [0.1, 0.15) is 28.4 Å². The quantitative estimate of drug-likeness (QED) is 0.474. The summed E-state index contributed by atoms with van der Waals surface area (Å²) in [5, 5.41) is 13.5. The van der Waals surface area contributed by atoms with Gasteiger partial charge >= 0.3 is 0 Å². The molecule has 0 spiro atoms. The number of carbonyl (C=O) groups is 2. The second-order valence-corrected chi connectivity index (χ2v) is 5.56. The van der Waals surface area contributed by atoms with Crippen LogP contribution in [0.2, 0.25) is 0 Å². The van der Waals surface area contributed by atoms with Crippen LogP contribution < -0.4 is 10.1 Å². The Hall–Kier alpha value is -3.22. The Labute approximate surface area is 144 Å². The van der Waals surface area contributed by atoms with Crippen LogP contribution in [0.3, 0.4) is 0 Å². The van der Waals surface area contributed by atoms with Crippen LogP contribution >= 0.6 is 0 Å². The van der Waals surface area contributed by atoms with Gasteiger partial charge in [0.05, 0.1) is 10.5 Å². The molecule has 0 bridgehead atoms. The minimum Gasteiger partial charge on any atom is -0.480 e. The van der Waals surface area contributed by atoms with Crippen LogP contribution in [0, 0.1) is 17.0 Å². The predicted molar refractivity (Wildman–Crippen MR) is 91.6 cm³/mol. The summed E-state index contributed by atoms with van der Waals surface area (Å²) in [6.45, 7) is 3.88. The molecular weight excluding hydrogens is 324 g/mol. The molecule has 0 aliphatic heterocycles. The number of hydrogen-bond donors (Lipinski definition) is 1. The van der Waals surface area contributed by atoms with E-state index in [9.17, 15) is 19.7 Å². The van der Waals surface area contributed by atoms with Gasteiger partial charge in [0.1, 0.15) is 5.75 Å². The van der Waals surface area contributed by atoms with Gasteiger partial charge in [0.25, 0.3) is 11.6 Å². The highest BCUT2D eigenvalue weighted by molar-refractivity contribution is 5.83. The zero-order valence-corrected chi connectivity index (χ0v) is 13.9. The molecule has 1 atom stereocenters. The number of nitro groups is 1. The van der Waals surface area contributed by atoms with Crippen LogP contribution in [0.4, 0.5) is 5.69 Å². The van der Waals surface area contributed by atoms with Crippen LogP contribution in [0.15, 0.2) is 42.5 Å². The van der Waals surface area contributed by atoms with Crippen molar-refractivity contribution in [2.75, 3.05) is 0 Å². The third kappa shape index (κ3) is 4.87. The van der Waals surface area contributed by atoms with Crippen LogP contribution in [-0.2, 0) is 11.3 Å². The van der Waals surface area contributed by atoms with Crippen LogP contribution in [-0.4, -0.2) is 23.2 Å². The molecular formula is C18H18N2O5. The summed E-state index contributed by atoms with van der Waals surface area (Å²) >= 11 is 0. The summed E-state index contributed by atoms with van der Waals surface area (Å²) in [5.41, 5.74) is 1.89. The molecule has 2 rings (SSSR count). The Balaban J connectivity index is 1.99. The van der Waals surface area contributed by atoms with E-state index >= 15 is 0 Å². The van der Waals surface area contributed by atoms with Gasteiger partial charge in [-0.3, -0.25) is 19.7 Å². The predicted octanol–water partition coefficient (Wildman–Crippen LogP) is 2.80. The third-order valence-electron chi connectivity index (χ3n) is 3.59. The topological polar surface area (TPSA) is 98.5 Å². The molecule has 1 amide bonds. The Kier molecular flexibility index (Phi) is 5.84. The number of aryl methyl sites for hydroxylation is 1. The van der Waals surface area contributed by atoms with Crippen LogP contribution in [0.25, 0.3) is 0 Å². The molecule has 0 saturated heterocycles. The number of nitrogens with one attached hydrogen (secondary N) is 1. The van der Waals surface area contributed by atoms with E-state index in [0.717, 1.165) is 17.2 Å². The van der Waals surface area contributed by atoms with Gasteiger partial charge in [-0.1, -0.05) is 29.8 Å². The number of benzene rings is 2. The second kappa shape index (κ2) is 8.05. The Morgan fingerprint density at radius 1 is 1.28 bits per heavy atom. The minimum atomic E-state index is -0.856. The van der Waals surface area contributed by atoms with E-state index < -0.39 is 11.0 Å². The SMILES string of the molecule is Cc1ccc(CNC(=O)[C@@H](C)Oc2ccc([N+](=O)[O-])cc2C=O)cc1. The molecule has 7 heteroatoms. The standard InChI is InChI=1S/C18H18N2O5/c1-12-3-5-14(6-4-12)10-19-18(22)13(2)25-17-8-7-16(20(23)24)9-15(17)11-21/h3-9,11,13H,10H2,1-2H3,(H,19,22)/t13-/m1/s1. The summed E-state index contributed by atoms with van der Waals surface area (Å²) in [4.78, 5) is 33.4. The summed E-state index contributed by atoms with van der Waals surface area (Å²) in [6.07, 6.45) is -0.398. The van der Waals surface area contributed by atoms with Crippen molar-refractivity contribution < 1.29 is 19.2 Å². The smallest absolute Gasteiger partial charge is 0.270 e. The molecule has 1 N–H and O–H groups in total. The lowest BCUT2D eigenvalue weighted by Crippen LogP contribution is -2.36. The Bertz CT molecular complexity index is 787. The lowest BCUT2D eigenvalue weighted by atomic mass is 10.1. The number of hydrogen-bond acceptors (Lipinski definition) is 5. The maximum Gasteiger partial charge on any atom is 0.270 e. The lowest BCUT2D eigenvalue weighted by Gasteiger charge is -2.16. The van der Waals surface area contributed by atoms with Gasteiger partial charge in [-0.2, -0.15) is 0 Å². The molecule has 25 heavy (non-hydrogen) atoms. The first-order valence-corrected chi connectivity index (χ1v) is 7.64. The lowest BCUT2D eigenvalue weighted by molar-refractivity contribution is -0.384. The van der Waals surface area contributed by atoms with Gasteiger partial charge in [-0.05, 0) is 25.5 Å². The van der Waals surface area contributed by atoms with Crippen molar-refractivity contribution >= 4 is 17.9 Å². The molecule has 2 aromatic rings. The number of aldehydes is 1. The van der Waals surface area contributed by atoms with Gasteiger partial charge in [-0.15, -0.1) is 0 Å². The summed E-state index contributed by atoms with van der Waals surface area (Å²) in [6, 6.07) is 11.4. The van der Waals surface area contributed by atoms with E-state index in [1.54, 1.807) is 6.92 Å². The van der Waals surface area contributed by atoms with Crippen molar-refractivity contribution in [3.8, 4) is 5.75 Å². The maximum absolute atomic E-state index is 12.1. The Morgan fingerprint density at radius 3 is 2.56 bits per heavy atom. The van der Waals surface area contributed by atoms with E-state index in [1.165, 1.54) is 12.1 Å². The molecule has 0 saturated carbocycles. The van der Waals surface area contributed by atoms with Gasteiger partial charge in [0.2, 0.25) is 0 Å². The fourth-order valence-electron chi connectivity index (χ4n) is 2.13. The van der Waals surface area contributed by atoms with Gasteiger partial charge in [0.15, 0.2) is 12.4 Å². The monoisotopic (exact) mass is 342 g/mol. The van der Waals surface area contributed by atoms with Crippen molar-refractivity contribution in [2.24, 2.45) is 0 Å². The minimum absolute atomic E-state index is 0.0207. The summed E-state index contributed by atoms with van der Waals surface area (Å²) < 4.78 is 5.47. The summed E-state index contributed by atoms with van der Waals surface area (Å²) in [5.74, 6) is -0.227. The van der Waals surface area contributed by atoms with Crippen molar-refractivity contribution in [3.05, 3.63) is 69.3 Å². The second-order valence-electron chi connectivity index (χ2n) is 5.56. The Morgan fingerprint density at radius 2 is 1.96 bits per heavy atom. The summed E-state index contributed by atoms with van der Waals surface area (Å²) in [7, 11) is 0. The van der Waals surface area contributed by atoms with Crippen molar-refractivity contribution in [1.82, 2.24) is 5.32 Å². The average Bonchev–Trinajstić information content (AvgIpc) is 2.61. The fourth-order valence-corrected chi connectivity index (χ4v) is 2.13. The maximum atomic E-state index is 12.1. The highest BCUT2D eigenvalue weighted by Gasteiger charge is 2.18. The van der Waals surface area contributed by atoms with E-state index in [0.29, 0.717) is 12.8 Å². The zero-order chi connectivity index (χ0) is 18.4. The van der Waals surface area contributed by atoms with Gasteiger partial charge < -0.3 is 10.1 Å². The van der Waals surface area contributed by atoms with Gasteiger partial charge in [-0.25, -0.2) is 0 Å². The molecule has 0 unspecified atom stereocenters. The molecule has 0 radical (unpaired) electrons. The highest BCUT2D eigenvalue weighted by Crippen LogP contribution is 2.23. The molecule has 130 valence electrons.